The second-order valence-corrected chi connectivity index (χ2v) is 17.2. The molecule has 1 aliphatic rings. The average molecular weight is 985 g/mol. The van der Waals surface area contributed by atoms with Gasteiger partial charge in [0.15, 0.2) is 11.9 Å². The summed E-state index contributed by atoms with van der Waals surface area (Å²) in [5.74, 6) is -7.60. The molecule has 21 heteroatoms. The number of nitrogens with zero attached hydrogens (tertiary/aromatic N) is 1. The van der Waals surface area contributed by atoms with Crippen molar-refractivity contribution in [2.45, 2.75) is 81.8 Å². The van der Waals surface area contributed by atoms with Crippen LogP contribution in [0.25, 0.3) is 22.3 Å². The summed E-state index contributed by atoms with van der Waals surface area (Å²) in [5, 5.41) is 33.2. The number of fused-ring (bicyclic) bond motifs is 5. The van der Waals surface area contributed by atoms with Crippen LogP contribution in [0.3, 0.4) is 0 Å². The SMILES string of the molecule is COc1ccc2cc1-c1cc(ccc1O)C[C@@H](C(=O)N[C@@H](N)C(=O)CCC(=O)N[C@@H](N)C(=O)O)NC(=O)[C@H](C)NC(=O)[C@H]2CN(C)C(=O)[C@H](CCCCN)NC(=O)c1ccc(-c2ccc(Cl)cc2)cc1. The molecular weight excluding hydrogens is 926 g/mol. The Morgan fingerprint density at radius 2 is 1.50 bits per heavy atom. The minimum Gasteiger partial charge on any atom is -0.507 e. The van der Waals surface area contributed by atoms with Crippen LogP contribution >= 0.6 is 11.6 Å². The molecule has 0 aliphatic carbocycles. The number of hydrogen-bond donors (Lipinski definition) is 10. The summed E-state index contributed by atoms with van der Waals surface area (Å²) in [6.45, 7) is 1.50. The van der Waals surface area contributed by atoms with Crippen LogP contribution in [0.15, 0.2) is 84.9 Å². The standard InChI is InChI=1S/C49H58ClN9O11/c1-26-44(63)56-37(47(66)58-42(52)39(61)18-20-41(62)57-43(53)49(68)69)23-27-7-17-38(60)33(22-27)34-24-31(14-19-40(34)70-3)35(46(65)54-26)25-59(2)48(67)36(6-4-5-21-51)55-45(64)30-10-8-28(9-11-30)29-12-15-32(50)16-13-29/h7-17,19,22,24,26,35-37,42-43,60H,4-6,18,20-21,23,25,51-53H2,1-3H3,(H,54,65)(H,55,64)(H,56,63)(H,57,62)(H,58,66)(H,68,69)/t26-,35-,36-,37-,42+,43+/m0/s1. The van der Waals surface area contributed by atoms with Gasteiger partial charge in [0.05, 0.1) is 13.0 Å². The van der Waals surface area contributed by atoms with Gasteiger partial charge in [-0.3, -0.25) is 33.6 Å². The minimum atomic E-state index is -1.70. The Balaban J connectivity index is 1.40. The molecule has 0 fully saturated rings. The van der Waals surface area contributed by atoms with E-state index in [1.807, 2.05) is 17.4 Å². The summed E-state index contributed by atoms with van der Waals surface area (Å²) in [4.78, 5) is 107. The van der Waals surface area contributed by atoms with E-state index in [4.69, 9.17) is 38.6 Å². The Labute approximate surface area is 409 Å². The largest absolute Gasteiger partial charge is 0.507 e. The number of rotatable bonds is 19. The van der Waals surface area contributed by atoms with Gasteiger partial charge in [-0.1, -0.05) is 48.0 Å². The molecule has 70 heavy (non-hydrogen) atoms. The smallest absolute Gasteiger partial charge is 0.341 e. The van der Waals surface area contributed by atoms with Crippen LogP contribution in [0.1, 0.15) is 66.4 Å². The van der Waals surface area contributed by atoms with Gasteiger partial charge in [0.2, 0.25) is 29.5 Å². The fourth-order valence-electron chi connectivity index (χ4n) is 7.65. The number of benzene rings is 4. The zero-order valence-corrected chi connectivity index (χ0v) is 39.6. The highest BCUT2D eigenvalue weighted by Crippen LogP contribution is 2.39. The monoisotopic (exact) mass is 983 g/mol. The molecule has 4 aromatic carbocycles. The molecule has 5 rings (SSSR count). The van der Waals surface area contributed by atoms with E-state index in [2.05, 4.69) is 21.3 Å². The van der Waals surface area contributed by atoms with E-state index in [1.54, 1.807) is 60.7 Å². The Kier molecular flexibility index (Phi) is 18.9. The number of ketones is 1. The summed E-state index contributed by atoms with van der Waals surface area (Å²) in [6.07, 6.45) is -3.21. The van der Waals surface area contributed by atoms with Gasteiger partial charge in [-0.05, 0) is 104 Å². The third-order valence-corrected chi connectivity index (χ3v) is 11.9. The molecule has 0 radical (unpaired) electrons. The van der Waals surface area contributed by atoms with Crippen molar-refractivity contribution >= 4 is 58.8 Å². The van der Waals surface area contributed by atoms with Gasteiger partial charge in [-0.25, -0.2) is 4.79 Å². The number of halogens is 1. The second kappa shape index (κ2) is 24.8. The first-order valence-corrected chi connectivity index (χ1v) is 22.8. The van der Waals surface area contributed by atoms with Gasteiger partial charge in [-0.15, -0.1) is 0 Å². The number of Topliss-reactive ketones (excluding diaryl/α,β-unsaturated/α-hetero) is 1. The number of amides is 6. The van der Waals surface area contributed by atoms with Crippen LogP contribution in [0.5, 0.6) is 11.5 Å². The topological polar surface area (TPSA) is 328 Å². The van der Waals surface area contributed by atoms with Gasteiger partial charge >= 0.3 is 5.97 Å². The van der Waals surface area contributed by atoms with Crippen molar-refractivity contribution in [1.29, 1.82) is 0 Å². The number of nitrogens with two attached hydrogens (primary N) is 3. The zero-order chi connectivity index (χ0) is 51.2. The number of aliphatic carboxylic acids is 1. The number of carboxylic acids is 1. The number of phenols is 1. The van der Waals surface area contributed by atoms with Gasteiger partial charge in [0.1, 0.15) is 35.8 Å². The van der Waals surface area contributed by atoms with Crippen LogP contribution in [0.4, 0.5) is 0 Å². The number of carbonyl (C=O) groups is 8. The van der Waals surface area contributed by atoms with Crippen molar-refractivity contribution < 1.29 is 53.3 Å². The van der Waals surface area contributed by atoms with Crippen LogP contribution in [-0.2, 0) is 40.0 Å². The molecule has 6 amide bonds. The molecule has 0 aromatic heterocycles. The van der Waals surface area contributed by atoms with Gasteiger partial charge in [0, 0.05) is 54.6 Å². The highest BCUT2D eigenvalue weighted by Gasteiger charge is 2.33. The number of likely N-dealkylation sites (N-methyl/N-ethyl adjacent to an activating group) is 1. The molecular formula is C49H58ClN9O11. The van der Waals surface area contributed by atoms with Crippen molar-refractivity contribution in [2.75, 3.05) is 27.2 Å². The summed E-state index contributed by atoms with van der Waals surface area (Å²) >= 11 is 6.05. The summed E-state index contributed by atoms with van der Waals surface area (Å²) in [6, 6.07) is 19.7. The molecule has 1 heterocycles. The fraction of sp³-hybridized carbons (Fsp3) is 0.347. The molecule has 0 spiro atoms. The van der Waals surface area contributed by atoms with Gasteiger partial charge in [-0.2, -0.15) is 0 Å². The zero-order valence-electron chi connectivity index (χ0n) is 38.8. The Hall–Kier alpha value is -7.39. The third kappa shape index (κ3) is 14.3. The first-order valence-electron chi connectivity index (χ1n) is 22.4. The van der Waals surface area contributed by atoms with Crippen molar-refractivity contribution in [1.82, 2.24) is 31.5 Å². The minimum absolute atomic E-state index is 0.197. The number of unbranched alkanes of at least 4 members (excludes halogenated alkanes) is 1. The molecule has 372 valence electrons. The van der Waals surface area contributed by atoms with Crippen molar-refractivity contribution in [3.63, 3.8) is 0 Å². The number of hydrogen-bond acceptors (Lipinski definition) is 13. The number of carbonyl (C=O) groups excluding carboxylic acids is 7. The van der Waals surface area contributed by atoms with Crippen molar-refractivity contribution in [3.05, 3.63) is 107 Å². The lowest BCUT2D eigenvalue weighted by Crippen LogP contribution is -2.58. The first kappa shape index (κ1) is 53.6. The van der Waals surface area contributed by atoms with E-state index >= 15 is 0 Å². The third-order valence-electron chi connectivity index (χ3n) is 11.7. The number of aromatic hydroxyl groups is 1. The molecule has 4 aromatic rings. The highest BCUT2D eigenvalue weighted by molar-refractivity contribution is 6.30. The van der Waals surface area contributed by atoms with E-state index in [1.165, 1.54) is 38.1 Å². The predicted octanol–water partition coefficient (Wildman–Crippen LogP) is 1.64. The lowest BCUT2D eigenvalue weighted by atomic mass is 9.91. The van der Waals surface area contributed by atoms with Crippen LogP contribution in [0, 0.1) is 0 Å². The molecule has 0 unspecified atom stereocenters. The average Bonchev–Trinajstić information content (AvgIpc) is 3.34. The Morgan fingerprint density at radius 1 is 0.829 bits per heavy atom. The normalized spacial score (nSPS) is 17.0. The number of methoxy groups -OCH3 is 1. The quantitative estimate of drug-likeness (QED) is 0.0472. The number of ether oxygens (including phenoxy) is 1. The maximum atomic E-state index is 14.4. The molecule has 4 bridgehead atoms. The van der Waals surface area contributed by atoms with E-state index in [0.717, 1.165) is 11.1 Å². The molecule has 0 saturated carbocycles. The highest BCUT2D eigenvalue weighted by atomic mass is 35.5. The Bertz CT molecular complexity index is 2580. The predicted molar refractivity (Wildman–Crippen MR) is 259 cm³/mol. The van der Waals surface area contributed by atoms with Crippen LogP contribution < -0.4 is 48.5 Å². The lowest BCUT2D eigenvalue weighted by molar-refractivity contribution is -0.141. The molecule has 0 saturated heterocycles. The lowest BCUT2D eigenvalue weighted by Gasteiger charge is -2.29. The summed E-state index contributed by atoms with van der Waals surface area (Å²) in [5.41, 5.74) is 20.5. The Morgan fingerprint density at radius 3 is 2.14 bits per heavy atom. The van der Waals surface area contributed by atoms with E-state index in [0.29, 0.717) is 52.4 Å². The fourth-order valence-corrected chi connectivity index (χ4v) is 7.78. The van der Waals surface area contributed by atoms with Crippen molar-refractivity contribution in [2.24, 2.45) is 17.2 Å². The maximum Gasteiger partial charge on any atom is 0.341 e. The molecule has 1 aliphatic heterocycles. The van der Waals surface area contributed by atoms with Crippen LogP contribution in [0.2, 0.25) is 5.02 Å². The first-order chi connectivity index (χ1) is 33.3. The maximum absolute atomic E-state index is 14.4. The number of phenolic OH excluding ortho intramolecular Hbond substituents is 1. The summed E-state index contributed by atoms with van der Waals surface area (Å²) < 4.78 is 5.68. The van der Waals surface area contributed by atoms with Crippen LogP contribution in [-0.4, -0.2) is 120 Å². The molecule has 6 atom stereocenters. The number of nitrogens with one attached hydrogen (secondary N) is 5. The van der Waals surface area contributed by atoms with Crippen molar-refractivity contribution in [3.8, 4) is 33.8 Å². The molecule has 13 N–H and O–H groups in total. The van der Waals surface area contributed by atoms with E-state index < -0.39 is 96.4 Å². The summed E-state index contributed by atoms with van der Waals surface area (Å²) in [7, 11) is 2.91. The van der Waals surface area contributed by atoms with E-state index in [9.17, 15) is 43.5 Å². The van der Waals surface area contributed by atoms with E-state index in [-0.39, 0.29) is 30.7 Å². The van der Waals surface area contributed by atoms with Gasteiger partial charge in [0.25, 0.3) is 5.91 Å². The number of carboxylic acid groups (broad SMARTS) is 1. The van der Waals surface area contributed by atoms with Gasteiger partial charge < -0.3 is 63.6 Å². The second-order valence-electron chi connectivity index (χ2n) is 16.8. The molecule has 20 nitrogen and oxygen atoms in total.